The van der Waals surface area contributed by atoms with Gasteiger partial charge in [-0.15, -0.1) is 0 Å². The third-order valence-electron chi connectivity index (χ3n) is 0. The minimum absolute atomic E-state index is 0. The van der Waals surface area contributed by atoms with Gasteiger partial charge in [-0.1, -0.05) is 0 Å². The quantitative estimate of drug-likeness (QED) is 0.420. The first-order valence-corrected chi connectivity index (χ1v) is 11.4. The monoisotopic (exact) mass is 332 g/mol. The molecular formula is H6GaInOP2Zn. The minimum atomic E-state index is -2.49. The van der Waals surface area contributed by atoms with Crippen LogP contribution in [0.15, 0.2) is 0 Å². The fraction of sp³-hybridized carbons (Fsp3) is 0. The Bertz CT molecular complexity index is 196. The third kappa shape index (κ3) is 29.2. The van der Waals surface area contributed by atoms with Crippen LogP contribution in [-0.4, -0.2) is 45.6 Å². The summed E-state index contributed by atoms with van der Waals surface area (Å²) in [4.78, 5) is 0. The van der Waals surface area contributed by atoms with Crippen LogP contribution in [0.3, 0.4) is 0 Å². The van der Waals surface area contributed by atoms with Crippen LogP contribution in [-0.2, 0) is 17.1 Å². The first kappa shape index (κ1) is 15.9. The molecule has 0 spiro atoms. The number of hydrogen-bond donors (Lipinski definition) is 0. The first-order valence-electron chi connectivity index (χ1n) is 0.921. The summed E-state index contributed by atoms with van der Waals surface area (Å²) in [5, 5.41) is 0. The Morgan fingerprint density at radius 2 is 1.33 bits per heavy atom. The van der Waals surface area contributed by atoms with Crippen molar-refractivity contribution >= 4 is 59.4 Å². The van der Waals surface area contributed by atoms with Crippen molar-refractivity contribution < 1.29 is 17.1 Å². The molecule has 0 radical (unpaired) electrons. The molecular weight excluding hydrogens is 328 g/mol. The zero-order chi connectivity index (χ0) is 3.58. The summed E-state index contributed by atoms with van der Waals surface area (Å²) in [6.07, 6.45) is 0. The summed E-state index contributed by atoms with van der Waals surface area (Å²) in [6.45, 7) is 6.97. The Balaban J connectivity index is -0.0000000450. The van der Waals surface area contributed by atoms with Crippen molar-refractivity contribution in [3.8, 4) is 0 Å². The van der Waals surface area contributed by atoms with E-state index in [9.17, 15) is 3.57 Å². The van der Waals surface area contributed by atoms with Crippen LogP contribution in [0.25, 0.3) is 0 Å². The fourth-order valence-electron chi connectivity index (χ4n) is 0. The zero-order valence-corrected chi connectivity index (χ0v) is 6.77. The van der Waals surface area contributed by atoms with Crippen LogP contribution in [0.4, 0.5) is 0 Å². The van der Waals surface area contributed by atoms with Crippen molar-refractivity contribution in [2.45, 2.75) is 0 Å². The van der Waals surface area contributed by atoms with Gasteiger partial charge in [-0.25, -0.2) is 0 Å². The van der Waals surface area contributed by atoms with Gasteiger partial charge in [-0.3, -0.25) is 0 Å². The molecule has 0 aliphatic heterocycles. The van der Waals surface area contributed by atoms with E-state index in [1.54, 1.807) is 0 Å². The molecule has 6 heavy (non-hydrogen) atoms. The molecule has 0 unspecified atom stereocenters. The van der Waals surface area contributed by atoms with Gasteiger partial charge in [0.05, 0.1) is 0 Å². The Labute approximate surface area is 75.5 Å². The van der Waals surface area contributed by atoms with Crippen LogP contribution in [0.2, 0.25) is 0 Å². The van der Waals surface area contributed by atoms with Crippen LogP contribution >= 0.6 is 13.8 Å². The predicted octanol–water partition coefficient (Wildman–Crippen LogP) is -0.767. The van der Waals surface area contributed by atoms with E-state index >= 15 is 0 Å². The van der Waals surface area contributed by atoms with E-state index in [0.29, 0.717) is 0 Å². The van der Waals surface area contributed by atoms with Crippen LogP contribution in [0, 0.1) is 0 Å². The predicted molar refractivity (Wildman–Crippen MR) is 34.4 cm³/mol. The maximum absolute atomic E-state index is 9.46. The van der Waals surface area contributed by atoms with Crippen molar-refractivity contribution in [2.24, 2.45) is 0 Å². The van der Waals surface area contributed by atoms with Crippen LogP contribution in [0.5, 0.6) is 0 Å². The number of hydrogen-bond acceptors (Lipinski definition) is 1. The molecule has 0 saturated carbocycles. The molecule has 30 valence electrons. The van der Waals surface area contributed by atoms with Crippen LogP contribution < -0.4 is 0 Å². The Hall–Kier alpha value is 2.79. The summed E-state index contributed by atoms with van der Waals surface area (Å²) < 4.78 is 9.46. The van der Waals surface area contributed by atoms with Gasteiger partial charge in [0, 0.05) is 0 Å². The summed E-state index contributed by atoms with van der Waals surface area (Å²) in [5.41, 5.74) is 0. The molecule has 0 N–H and O–H groups in total. The van der Waals surface area contributed by atoms with E-state index in [4.69, 9.17) is 0 Å². The normalized spacial score (nSPS) is 6.67. The second-order valence-electron chi connectivity index (χ2n) is 0.400. The van der Waals surface area contributed by atoms with Crippen molar-refractivity contribution in [1.82, 2.24) is 0 Å². The van der Waals surface area contributed by atoms with Gasteiger partial charge in [-0.05, 0) is 0 Å². The van der Waals surface area contributed by atoms with Crippen molar-refractivity contribution in [3.05, 3.63) is 0 Å². The van der Waals surface area contributed by atoms with Gasteiger partial charge in [-0.2, -0.15) is 0 Å². The maximum atomic E-state index is 9.46. The van der Waals surface area contributed by atoms with Gasteiger partial charge in [0.1, 0.15) is 0 Å². The van der Waals surface area contributed by atoms with Crippen molar-refractivity contribution in [3.63, 3.8) is 0 Å². The van der Waals surface area contributed by atoms with E-state index in [1.165, 1.54) is 0 Å². The van der Waals surface area contributed by atoms with Gasteiger partial charge >= 0.3 is 76.5 Å². The molecule has 0 heterocycles. The molecule has 0 aromatic rings. The molecule has 0 aromatic heterocycles. The van der Waals surface area contributed by atoms with E-state index in [1.807, 2.05) is 0 Å². The van der Waals surface area contributed by atoms with Gasteiger partial charge < -0.3 is 0 Å². The summed E-state index contributed by atoms with van der Waals surface area (Å²) in [5.74, 6) is 0. The fourth-order valence-corrected chi connectivity index (χ4v) is 0. The molecule has 0 bridgehead atoms. The molecule has 0 aliphatic carbocycles. The van der Waals surface area contributed by atoms with Gasteiger partial charge in [0.15, 0.2) is 0 Å². The van der Waals surface area contributed by atoms with E-state index in [0.717, 1.165) is 0 Å². The zero-order valence-electron chi connectivity index (χ0n) is 2.01. The van der Waals surface area contributed by atoms with Gasteiger partial charge in [0.2, 0.25) is 0 Å². The van der Waals surface area contributed by atoms with E-state index in [2.05, 4.69) is 13.8 Å². The summed E-state index contributed by atoms with van der Waals surface area (Å²) in [6, 6.07) is 0. The Kier molecular flexibility index (Phi) is 28.4. The molecule has 0 saturated heterocycles. The third-order valence-corrected chi connectivity index (χ3v) is 0. The molecule has 0 aromatic carbocycles. The van der Waals surface area contributed by atoms with Crippen molar-refractivity contribution in [1.29, 1.82) is 0 Å². The van der Waals surface area contributed by atoms with Gasteiger partial charge in [0.25, 0.3) is 0 Å². The second-order valence-corrected chi connectivity index (χ2v) is 10.6. The van der Waals surface area contributed by atoms with Crippen molar-refractivity contribution in [2.75, 3.05) is 0 Å². The van der Waals surface area contributed by atoms with E-state index in [-0.39, 0.29) is 45.6 Å². The first-order chi connectivity index (χ1) is 1.73. The van der Waals surface area contributed by atoms with Crippen LogP contribution in [0.1, 0.15) is 0 Å². The molecule has 1 nitrogen and oxygen atoms in total. The molecule has 0 atom stereocenters. The summed E-state index contributed by atoms with van der Waals surface area (Å²) in [7, 11) is 0. The number of rotatable bonds is 0. The Morgan fingerprint density at radius 1 is 1.33 bits per heavy atom. The summed E-state index contributed by atoms with van der Waals surface area (Å²) >= 11 is -2.49. The molecule has 0 amide bonds. The molecule has 6 heteroatoms. The molecule has 0 fully saturated rings. The molecule has 0 aliphatic rings. The average molecular weight is 334 g/mol. The Morgan fingerprint density at radius 3 is 1.33 bits per heavy atom. The SMILES string of the molecule is [GaH3].[InH3].[O]=[Zn](#[P])#[P]. The second kappa shape index (κ2) is 10.7. The van der Waals surface area contributed by atoms with E-state index < -0.39 is 13.5 Å². The average Bonchev–Trinajstić information content (AvgIpc) is 0.811. The molecule has 0 rings (SSSR count). The standard InChI is InChI=1S/Ga.In.O.2P.Zn.6H. The topological polar surface area (TPSA) is 17.1 Å².